The predicted octanol–water partition coefficient (Wildman–Crippen LogP) is 5.82. The summed E-state index contributed by atoms with van der Waals surface area (Å²) in [5, 5.41) is 4.35. The van der Waals surface area contributed by atoms with E-state index in [2.05, 4.69) is 5.16 Å². The molecule has 0 N–H and O–H groups in total. The number of rotatable bonds is 5. The number of anilines is 1. The van der Waals surface area contributed by atoms with Crippen molar-refractivity contribution in [2.24, 2.45) is 5.16 Å². The van der Waals surface area contributed by atoms with Gasteiger partial charge in [-0.15, -0.1) is 23.5 Å². The standard InChI is InChI=1S/C24H33F2N3O3S2/c1-16(2)31-24(30)29-10-6-18(7-11-29)32-27-17-4-8-28(9-5-17)22-15-20(25)19(14-21(22)26)23-33-12-3-13-34-23/h14-16,18,23H,3-13H2,1-2H3. The Hall–Kier alpha value is -1.68. The Kier molecular flexibility index (Phi) is 8.85. The highest BCUT2D eigenvalue weighted by atomic mass is 32.2. The molecule has 0 atom stereocenters. The van der Waals surface area contributed by atoms with Crippen LogP contribution in [0.15, 0.2) is 17.3 Å². The highest BCUT2D eigenvalue weighted by Crippen LogP contribution is 2.45. The molecule has 3 saturated heterocycles. The fourth-order valence-corrected chi connectivity index (χ4v) is 7.22. The zero-order valence-corrected chi connectivity index (χ0v) is 21.4. The van der Waals surface area contributed by atoms with Crippen LogP contribution in [-0.4, -0.2) is 66.6 Å². The average Bonchev–Trinajstić information content (AvgIpc) is 2.85. The number of halogens is 2. The highest BCUT2D eigenvalue weighted by Gasteiger charge is 2.27. The Balaban J connectivity index is 1.26. The molecule has 4 rings (SSSR count). The summed E-state index contributed by atoms with van der Waals surface area (Å²) in [5.74, 6) is 1.29. The van der Waals surface area contributed by atoms with E-state index in [1.54, 1.807) is 28.4 Å². The molecule has 1 aromatic rings. The number of nitrogens with zero attached hydrogens (tertiary/aromatic N) is 3. The van der Waals surface area contributed by atoms with Crippen molar-refractivity contribution >= 4 is 41.0 Å². The predicted molar refractivity (Wildman–Crippen MR) is 135 cm³/mol. The number of hydrogen-bond donors (Lipinski definition) is 0. The number of thioether (sulfide) groups is 2. The van der Waals surface area contributed by atoms with Crippen LogP contribution in [0.1, 0.15) is 56.1 Å². The normalized spacial score (nSPS) is 20.6. The van der Waals surface area contributed by atoms with E-state index in [0.717, 1.165) is 23.6 Å². The third-order valence-electron chi connectivity index (χ3n) is 6.20. The fourth-order valence-electron chi connectivity index (χ4n) is 4.31. The number of carbonyl (C=O) groups is 1. The van der Waals surface area contributed by atoms with Crippen molar-refractivity contribution in [1.82, 2.24) is 4.90 Å². The first kappa shape index (κ1) is 25.4. The van der Waals surface area contributed by atoms with E-state index in [9.17, 15) is 13.6 Å². The zero-order valence-electron chi connectivity index (χ0n) is 19.8. The van der Waals surface area contributed by atoms with Crippen LogP contribution in [0.4, 0.5) is 19.3 Å². The molecule has 0 spiro atoms. The van der Waals surface area contributed by atoms with Gasteiger partial charge >= 0.3 is 6.09 Å². The molecule has 0 radical (unpaired) electrons. The van der Waals surface area contributed by atoms with Crippen LogP contribution < -0.4 is 4.90 Å². The summed E-state index contributed by atoms with van der Waals surface area (Å²) >= 11 is 3.38. The lowest BCUT2D eigenvalue weighted by Crippen LogP contribution is -2.41. The van der Waals surface area contributed by atoms with E-state index < -0.39 is 0 Å². The smallest absolute Gasteiger partial charge is 0.410 e. The van der Waals surface area contributed by atoms with Gasteiger partial charge in [0.25, 0.3) is 0 Å². The molecule has 188 valence electrons. The zero-order chi connectivity index (χ0) is 24.1. The van der Waals surface area contributed by atoms with Gasteiger partial charge in [-0.05, 0) is 37.8 Å². The molecule has 0 unspecified atom stereocenters. The van der Waals surface area contributed by atoms with E-state index in [1.165, 1.54) is 12.1 Å². The summed E-state index contributed by atoms with van der Waals surface area (Å²) in [7, 11) is 0. The van der Waals surface area contributed by atoms with Crippen molar-refractivity contribution in [3.8, 4) is 0 Å². The van der Waals surface area contributed by atoms with Gasteiger partial charge in [0.2, 0.25) is 0 Å². The molecular weight excluding hydrogens is 480 g/mol. The summed E-state index contributed by atoms with van der Waals surface area (Å²) in [6.45, 7) is 6.01. The van der Waals surface area contributed by atoms with E-state index in [-0.39, 0.29) is 34.5 Å². The van der Waals surface area contributed by atoms with Crippen LogP contribution in [0.3, 0.4) is 0 Å². The minimum Gasteiger partial charge on any atom is -0.447 e. The van der Waals surface area contributed by atoms with E-state index in [0.29, 0.717) is 63.1 Å². The molecular formula is C24H33F2N3O3S2. The maximum absolute atomic E-state index is 14.9. The molecule has 6 nitrogen and oxygen atoms in total. The van der Waals surface area contributed by atoms with Gasteiger partial charge in [-0.2, -0.15) is 0 Å². The minimum atomic E-state index is -0.359. The lowest BCUT2D eigenvalue weighted by atomic mass is 10.1. The second kappa shape index (κ2) is 11.8. The number of likely N-dealkylation sites (tertiary alicyclic amines) is 1. The molecule has 3 aliphatic rings. The summed E-state index contributed by atoms with van der Waals surface area (Å²) in [5.41, 5.74) is 1.73. The number of amides is 1. The number of ether oxygens (including phenoxy) is 1. The molecule has 0 saturated carbocycles. The molecule has 0 aliphatic carbocycles. The third-order valence-corrected chi connectivity index (χ3v) is 9.17. The Bertz CT molecular complexity index is 878. The first-order valence-corrected chi connectivity index (χ1v) is 14.1. The second-order valence-electron chi connectivity index (χ2n) is 9.12. The second-order valence-corrected chi connectivity index (χ2v) is 11.8. The summed E-state index contributed by atoms with van der Waals surface area (Å²) in [6.07, 6.45) is 3.41. The van der Waals surface area contributed by atoms with E-state index >= 15 is 0 Å². The first-order valence-electron chi connectivity index (χ1n) is 12.0. The van der Waals surface area contributed by atoms with Crippen molar-refractivity contribution in [3.63, 3.8) is 0 Å². The first-order chi connectivity index (χ1) is 16.4. The Morgan fingerprint density at radius 1 is 1.06 bits per heavy atom. The largest absolute Gasteiger partial charge is 0.447 e. The van der Waals surface area contributed by atoms with Gasteiger partial charge in [-0.3, -0.25) is 0 Å². The van der Waals surface area contributed by atoms with Crippen LogP contribution in [0.5, 0.6) is 0 Å². The van der Waals surface area contributed by atoms with Crippen molar-refractivity contribution in [2.75, 3.05) is 42.6 Å². The molecule has 0 bridgehead atoms. The maximum atomic E-state index is 14.9. The van der Waals surface area contributed by atoms with Gasteiger partial charge in [0.15, 0.2) is 0 Å². The Morgan fingerprint density at radius 2 is 1.74 bits per heavy atom. The highest BCUT2D eigenvalue weighted by molar-refractivity contribution is 8.16. The van der Waals surface area contributed by atoms with Gasteiger partial charge < -0.3 is 19.4 Å². The van der Waals surface area contributed by atoms with Crippen molar-refractivity contribution < 1.29 is 23.1 Å². The number of carbonyl (C=O) groups excluding carboxylic acids is 1. The molecule has 3 heterocycles. The van der Waals surface area contributed by atoms with Crippen LogP contribution in [0, 0.1) is 11.6 Å². The van der Waals surface area contributed by atoms with Crippen LogP contribution in [0.25, 0.3) is 0 Å². The molecule has 10 heteroatoms. The quantitative estimate of drug-likeness (QED) is 0.463. The van der Waals surface area contributed by atoms with Crippen molar-refractivity contribution in [3.05, 3.63) is 29.3 Å². The molecule has 34 heavy (non-hydrogen) atoms. The van der Waals surface area contributed by atoms with Crippen molar-refractivity contribution in [2.45, 2.75) is 62.7 Å². The molecule has 1 amide bonds. The third kappa shape index (κ3) is 6.50. The maximum Gasteiger partial charge on any atom is 0.410 e. The number of piperidine rings is 2. The average molecular weight is 514 g/mol. The van der Waals surface area contributed by atoms with Gasteiger partial charge in [0, 0.05) is 63.5 Å². The van der Waals surface area contributed by atoms with Gasteiger partial charge in [0.1, 0.15) is 17.7 Å². The lowest BCUT2D eigenvalue weighted by Gasteiger charge is -2.32. The Morgan fingerprint density at radius 3 is 2.38 bits per heavy atom. The molecule has 3 aliphatic heterocycles. The summed E-state index contributed by atoms with van der Waals surface area (Å²) in [6, 6.07) is 2.74. The van der Waals surface area contributed by atoms with E-state index in [1.807, 2.05) is 18.7 Å². The van der Waals surface area contributed by atoms with Crippen LogP contribution in [0.2, 0.25) is 0 Å². The molecule has 0 aromatic heterocycles. The number of oxime groups is 1. The molecule has 3 fully saturated rings. The fraction of sp³-hybridized carbons (Fsp3) is 0.667. The molecule has 1 aromatic carbocycles. The Labute approximate surface area is 208 Å². The van der Waals surface area contributed by atoms with Crippen molar-refractivity contribution in [1.29, 1.82) is 0 Å². The van der Waals surface area contributed by atoms with Gasteiger partial charge in [-0.25, -0.2) is 13.6 Å². The van der Waals surface area contributed by atoms with Crippen LogP contribution >= 0.6 is 23.5 Å². The monoisotopic (exact) mass is 513 g/mol. The summed E-state index contributed by atoms with van der Waals surface area (Å²) in [4.78, 5) is 21.3. The minimum absolute atomic E-state index is 0.0248. The number of hydrogen-bond acceptors (Lipinski definition) is 7. The summed E-state index contributed by atoms with van der Waals surface area (Å²) < 4.78 is 34.9. The van der Waals surface area contributed by atoms with Gasteiger partial charge in [-0.1, -0.05) is 5.16 Å². The topological polar surface area (TPSA) is 54.4 Å². The van der Waals surface area contributed by atoms with Crippen LogP contribution in [-0.2, 0) is 9.57 Å². The van der Waals surface area contributed by atoms with E-state index in [4.69, 9.17) is 9.57 Å². The lowest BCUT2D eigenvalue weighted by molar-refractivity contribution is 0.00415. The SMILES string of the molecule is CC(C)OC(=O)N1CCC(ON=C2CCN(c3cc(F)c(C4SCCCS4)cc3F)CC2)CC1. The van der Waals surface area contributed by atoms with Gasteiger partial charge in [0.05, 0.1) is 22.1 Å². The number of benzene rings is 1.